The van der Waals surface area contributed by atoms with Crippen molar-refractivity contribution in [1.29, 1.82) is 5.26 Å². The summed E-state index contributed by atoms with van der Waals surface area (Å²) < 4.78 is 27.6. The van der Waals surface area contributed by atoms with E-state index in [1.807, 2.05) is 19.9 Å². The van der Waals surface area contributed by atoms with Crippen LogP contribution in [0.3, 0.4) is 0 Å². The smallest absolute Gasteiger partial charge is 0.323 e. The number of carbonyl (C=O) groups excluding carboxylic acids is 1. The normalized spacial score (nSPS) is 10.4. The van der Waals surface area contributed by atoms with Gasteiger partial charge in [-0.1, -0.05) is 11.8 Å². The molecule has 1 heterocycles. The predicted octanol–water partition coefficient (Wildman–Crippen LogP) is 3.49. The number of nitriles is 1. The Morgan fingerprint density at radius 1 is 1.30 bits per heavy atom. The van der Waals surface area contributed by atoms with E-state index in [-0.39, 0.29) is 21.5 Å². The number of benzene rings is 1. The highest BCUT2D eigenvalue weighted by Crippen LogP contribution is 2.30. The minimum atomic E-state index is -0.718. The van der Waals surface area contributed by atoms with Gasteiger partial charge in [0.05, 0.1) is 6.20 Å². The Labute approximate surface area is 136 Å². The van der Waals surface area contributed by atoms with Crippen molar-refractivity contribution in [3.05, 3.63) is 41.6 Å². The fourth-order valence-corrected chi connectivity index (χ4v) is 2.85. The fraction of sp³-hybridized carbons (Fsp3) is 0.267. The van der Waals surface area contributed by atoms with Gasteiger partial charge in [-0.25, -0.2) is 13.6 Å². The highest BCUT2D eigenvalue weighted by atomic mass is 32.2. The van der Waals surface area contributed by atoms with Crippen molar-refractivity contribution in [2.24, 2.45) is 0 Å². The zero-order valence-corrected chi connectivity index (χ0v) is 13.4. The Morgan fingerprint density at radius 2 is 1.91 bits per heavy atom. The molecule has 2 rings (SSSR count). The molecule has 23 heavy (non-hydrogen) atoms. The van der Waals surface area contributed by atoms with E-state index in [0.717, 1.165) is 34.6 Å². The largest absolute Gasteiger partial charge is 0.344 e. The molecular formula is C15H14F2N4OS. The minimum Gasteiger partial charge on any atom is -0.323 e. The second kappa shape index (κ2) is 7.24. The number of hydrogen-bond acceptors (Lipinski definition) is 4. The van der Waals surface area contributed by atoms with Gasteiger partial charge in [0.15, 0.2) is 0 Å². The van der Waals surface area contributed by atoms with Crippen LogP contribution < -0.4 is 0 Å². The van der Waals surface area contributed by atoms with E-state index in [4.69, 9.17) is 5.26 Å². The maximum atomic E-state index is 13.2. The van der Waals surface area contributed by atoms with Crippen molar-refractivity contribution in [3.63, 3.8) is 0 Å². The number of nitrogens with zero attached hydrogens (tertiary/aromatic N) is 4. The number of hydrogen-bond donors (Lipinski definition) is 0. The van der Waals surface area contributed by atoms with Crippen LogP contribution in [0.5, 0.6) is 0 Å². The van der Waals surface area contributed by atoms with Crippen LogP contribution in [0.2, 0.25) is 0 Å². The third kappa shape index (κ3) is 3.87. The van der Waals surface area contributed by atoms with Crippen molar-refractivity contribution in [1.82, 2.24) is 14.7 Å². The average molecular weight is 336 g/mol. The molecule has 2 aromatic rings. The molecule has 1 amide bonds. The van der Waals surface area contributed by atoms with Gasteiger partial charge < -0.3 is 4.90 Å². The summed E-state index contributed by atoms with van der Waals surface area (Å²) in [5, 5.41) is 13.5. The summed E-state index contributed by atoms with van der Waals surface area (Å²) in [5.41, 5.74) is 0.167. The van der Waals surface area contributed by atoms with Gasteiger partial charge in [0, 0.05) is 24.1 Å². The van der Waals surface area contributed by atoms with Crippen molar-refractivity contribution in [2.75, 3.05) is 13.1 Å². The first-order chi connectivity index (χ1) is 11.0. The van der Waals surface area contributed by atoms with E-state index in [2.05, 4.69) is 5.10 Å². The molecule has 0 N–H and O–H groups in total. The maximum absolute atomic E-state index is 13.2. The maximum Gasteiger partial charge on any atom is 0.344 e. The van der Waals surface area contributed by atoms with Crippen LogP contribution in [-0.2, 0) is 0 Å². The lowest BCUT2D eigenvalue weighted by Gasteiger charge is -2.17. The molecule has 0 aliphatic rings. The van der Waals surface area contributed by atoms with E-state index in [9.17, 15) is 13.6 Å². The van der Waals surface area contributed by atoms with Crippen LogP contribution in [0.4, 0.5) is 13.6 Å². The van der Waals surface area contributed by atoms with Gasteiger partial charge in [-0.05, 0) is 26.0 Å². The Kier molecular flexibility index (Phi) is 5.34. The number of halogens is 2. The number of rotatable bonds is 4. The molecule has 0 radical (unpaired) electrons. The molecule has 1 aromatic carbocycles. The van der Waals surface area contributed by atoms with Crippen LogP contribution in [0.15, 0.2) is 34.3 Å². The molecule has 120 valence electrons. The summed E-state index contributed by atoms with van der Waals surface area (Å²) in [6, 6.07) is 4.61. The van der Waals surface area contributed by atoms with Gasteiger partial charge in [-0.15, -0.1) is 0 Å². The quantitative estimate of drug-likeness (QED) is 0.857. The van der Waals surface area contributed by atoms with Crippen LogP contribution in [0, 0.1) is 23.0 Å². The fourth-order valence-electron chi connectivity index (χ4n) is 1.95. The first kappa shape index (κ1) is 17.0. The van der Waals surface area contributed by atoms with Crippen molar-refractivity contribution < 1.29 is 13.6 Å². The van der Waals surface area contributed by atoms with Crippen molar-refractivity contribution >= 4 is 17.8 Å². The van der Waals surface area contributed by atoms with Gasteiger partial charge >= 0.3 is 6.03 Å². The zero-order valence-electron chi connectivity index (χ0n) is 12.6. The van der Waals surface area contributed by atoms with Gasteiger partial charge in [-0.2, -0.15) is 15.0 Å². The summed E-state index contributed by atoms with van der Waals surface area (Å²) in [7, 11) is 0. The zero-order chi connectivity index (χ0) is 17.0. The molecule has 0 aliphatic heterocycles. The molecule has 0 spiro atoms. The molecule has 0 unspecified atom stereocenters. The highest BCUT2D eigenvalue weighted by molar-refractivity contribution is 7.99. The molecule has 0 saturated carbocycles. The third-order valence-electron chi connectivity index (χ3n) is 3.08. The van der Waals surface area contributed by atoms with Gasteiger partial charge in [0.25, 0.3) is 0 Å². The second-order valence-corrected chi connectivity index (χ2v) is 5.63. The van der Waals surface area contributed by atoms with E-state index < -0.39 is 11.6 Å². The molecule has 0 aliphatic carbocycles. The Morgan fingerprint density at radius 3 is 2.43 bits per heavy atom. The van der Waals surface area contributed by atoms with Crippen LogP contribution in [0.25, 0.3) is 0 Å². The van der Waals surface area contributed by atoms with E-state index in [1.54, 1.807) is 4.90 Å². The van der Waals surface area contributed by atoms with Crippen LogP contribution in [0.1, 0.15) is 19.4 Å². The number of amides is 1. The summed E-state index contributed by atoms with van der Waals surface area (Å²) in [6.45, 7) is 4.69. The average Bonchev–Trinajstić information content (AvgIpc) is 2.90. The molecule has 0 fully saturated rings. The summed E-state index contributed by atoms with van der Waals surface area (Å²) in [5.74, 6) is -1.44. The minimum absolute atomic E-state index is 0.167. The first-order valence-electron chi connectivity index (χ1n) is 6.91. The van der Waals surface area contributed by atoms with Gasteiger partial charge in [0.2, 0.25) is 0 Å². The monoisotopic (exact) mass is 336 g/mol. The summed E-state index contributed by atoms with van der Waals surface area (Å²) in [4.78, 5) is 14.0. The summed E-state index contributed by atoms with van der Waals surface area (Å²) in [6.07, 6.45) is 1.32. The lowest BCUT2D eigenvalue weighted by atomic mass is 10.3. The molecule has 0 atom stereocenters. The van der Waals surface area contributed by atoms with E-state index in [1.165, 1.54) is 6.20 Å². The predicted molar refractivity (Wildman–Crippen MR) is 81.1 cm³/mol. The van der Waals surface area contributed by atoms with Gasteiger partial charge in [0.1, 0.15) is 28.3 Å². The highest BCUT2D eigenvalue weighted by Gasteiger charge is 2.18. The first-order valence-corrected chi connectivity index (χ1v) is 7.73. The lowest BCUT2D eigenvalue weighted by molar-refractivity contribution is 0.201. The Bertz CT molecular complexity index is 745. The standard InChI is InChI=1S/C15H14F2N4OS/c1-3-20(4-2)15(22)21-9-10(8-18)14(19-21)23-13-6-11(16)5-12(17)7-13/h5-7,9H,3-4H2,1-2H3. The number of aromatic nitrogens is 2. The lowest BCUT2D eigenvalue weighted by Crippen LogP contribution is -2.34. The van der Waals surface area contributed by atoms with E-state index in [0.29, 0.717) is 13.1 Å². The molecule has 5 nitrogen and oxygen atoms in total. The summed E-state index contributed by atoms with van der Waals surface area (Å²) >= 11 is 0.927. The molecule has 8 heteroatoms. The van der Waals surface area contributed by atoms with Crippen LogP contribution in [-0.4, -0.2) is 33.8 Å². The molecular weight excluding hydrogens is 322 g/mol. The Hall–Kier alpha value is -2.40. The number of carbonyl (C=O) groups is 1. The molecule has 0 saturated heterocycles. The third-order valence-corrected chi connectivity index (χ3v) is 4.05. The van der Waals surface area contributed by atoms with Gasteiger partial charge in [-0.3, -0.25) is 0 Å². The Balaban J connectivity index is 2.33. The SMILES string of the molecule is CCN(CC)C(=O)n1cc(C#N)c(Sc2cc(F)cc(F)c2)n1. The van der Waals surface area contributed by atoms with E-state index >= 15 is 0 Å². The van der Waals surface area contributed by atoms with Crippen molar-refractivity contribution in [3.8, 4) is 6.07 Å². The topological polar surface area (TPSA) is 61.9 Å². The van der Waals surface area contributed by atoms with Crippen molar-refractivity contribution in [2.45, 2.75) is 23.8 Å². The van der Waals surface area contributed by atoms with Crippen LogP contribution >= 0.6 is 11.8 Å². The second-order valence-electron chi connectivity index (χ2n) is 4.57. The molecule has 0 bridgehead atoms. The molecule has 1 aromatic heterocycles.